The lowest BCUT2D eigenvalue weighted by atomic mass is 10.1. The molecule has 4 N–H and O–H groups in total. The quantitative estimate of drug-likeness (QED) is 0.0733. The third-order valence-corrected chi connectivity index (χ3v) is 10.9. The molecule has 7 rings (SSSR count). The number of carbonyl (C=O) groups is 2. The molecule has 1 aliphatic heterocycles. The molecule has 3 amide bonds. The molecule has 3 heterocycles. The van der Waals surface area contributed by atoms with Gasteiger partial charge in [0.2, 0.25) is 11.8 Å². The van der Waals surface area contributed by atoms with Crippen molar-refractivity contribution in [2.75, 3.05) is 75.8 Å². The molecule has 4 aromatic carbocycles. The lowest BCUT2D eigenvalue weighted by Gasteiger charge is -2.26. The van der Waals surface area contributed by atoms with Crippen LogP contribution in [-0.4, -0.2) is 96.4 Å². The number of hydrogen-bond acceptors (Lipinski definition) is 11. The fraction of sp³-hybridized carbons (Fsp3) is 0.295. The Morgan fingerprint density at radius 1 is 0.917 bits per heavy atom. The average Bonchev–Trinajstić information content (AvgIpc) is 3.65. The van der Waals surface area contributed by atoms with Crippen molar-refractivity contribution in [3.05, 3.63) is 114 Å². The first kappa shape index (κ1) is 41.9. The first-order chi connectivity index (χ1) is 28.9. The molecule has 0 bridgehead atoms. The molecule has 0 spiro atoms. The Balaban J connectivity index is 1.05. The number of methoxy groups -OCH3 is 1. The summed E-state index contributed by atoms with van der Waals surface area (Å²) in [7, 11) is -0.758. The van der Waals surface area contributed by atoms with Gasteiger partial charge in [-0.3, -0.25) is 15.0 Å². The zero-order chi connectivity index (χ0) is 42.2. The minimum atomic E-state index is -2.30. The summed E-state index contributed by atoms with van der Waals surface area (Å²) < 4.78 is 31.5. The number of nitrogens with zero attached hydrogens (tertiary/aromatic N) is 5. The summed E-state index contributed by atoms with van der Waals surface area (Å²) in [6.45, 7) is 12.0. The minimum Gasteiger partial charge on any atom is -0.497 e. The summed E-state index contributed by atoms with van der Waals surface area (Å²) in [6, 6.07) is 27.0. The molecule has 1 fully saturated rings. The fourth-order valence-electron chi connectivity index (χ4n) is 6.81. The van der Waals surface area contributed by atoms with E-state index in [4.69, 9.17) is 19.3 Å². The maximum absolute atomic E-state index is 13.6. The monoisotopic (exact) mass is 831 g/mol. The highest BCUT2D eigenvalue weighted by Gasteiger charge is 2.18. The number of benzene rings is 4. The van der Waals surface area contributed by atoms with Gasteiger partial charge in [0.15, 0.2) is 0 Å². The van der Waals surface area contributed by atoms with Crippen LogP contribution in [0.1, 0.15) is 41.4 Å². The maximum Gasteiger partial charge on any atom is 0.324 e. The molecule has 0 saturated carbocycles. The van der Waals surface area contributed by atoms with Gasteiger partial charge in [-0.05, 0) is 61.2 Å². The van der Waals surface area contributed by atoms with Crippen molar-refractivity contribution in [3.8, 4) is 23.1 Å². The van der Waals surface area contributed by atoms with Crippen molar-refractivity contribution < 1.29 is 28.4 Å². The lowest BCUT2D eigenvalue weighted by Crippen LogP contribution is -2.41. The number of ether oxygens (including phenoxy) is 3. The van der Waals surface area contributed by atoms with Gasteiger partial charge in [0.1, 0.15) is 17.3 Å². The average molecular weight is 832 g/mol. The molecule has 312 valence electrons. The summed E-state index contributed by atoms with van der Waals surface area (Å²) in [5, 5.41) is 18.4. The predicted octanol–water partition coefficient (Wildman–Crippen LogP) is 8.31. The van der Waals surface area contributed by atoms with Gasteiger partial charge in [-0.25, -0.2) is 14.5 Å². The number of fused-ring (bicyclic) bond motifs is 1. The number of urea groups is 1. The number of carbonyl (C=O) groups excluding carboxylic acids is 2. The fourth-order valence-corrected chi connectivity index (χ4v) is 7.88. The van der Waals surface area contributed by atoms with Crippen molar-refractivity contribution in [1.82, 2.24) is 30.0 Å². The van der Waals surface area contributed by atoms with E-state index in [1.165, 1.54) is 0 Å². The van der Waals surface area contributed by atoms with E-state index >= 15 is 0 Å². The van der Waals surface area contributed by atoms with Crippen LogP contribution >= 0.6 is 7.14 Å². The van der Waals surface area contributed by atoms with E-state index in [1.807, 2.05) is 68.4 Å². The first-order valence-corrected chi connectivity index (χ1v) is 22.6. The number of aromatic nitrogens is 4. The van der Waals surface area contributed by atoms with Crippen molar-refractivity contribution in [2.45, 2.75) is 25.9 Å². The Morgan fingerprint density at radius 2 is 1.72 bits per heavy atom. The molecule has 0 atom stereocenters. The number of nitrogens with one attached hydrogen (secondary N) is 4. The molecule has 1 saturated heterocycles. The van der Waals surface area contributed by atoms with Gasteiger partial charge >= 0.3 is 6.03 Å². The first-order valence-electron chi connectivity index (χ1n) is 19.8. The Morgan fingerprint density at radius 3 is 2.48 bits per heavy atom. The summed E-state index contributed by atoms with van der Waals surface area (Å²) in [6.07, 6.45) is 2.04. The molecule has 0 radical (unpaired) electrons. The van der Waals surface area contributed by atoms with Crippen LogP contribution in [0.2, 0.25) is 0 Å². The molecule has 16 heteroatoms. The normalized spacial score (nSPS) is 13.2. The summed E-state index contributed by atoms with van der Waals surface area (Å²) in [4.78, 5) is 37.9. The highest BCUT2D eigenvalue weighted by Crippen LogP contribution is 2.41. The molecule has 6 aromatic rings. The van der Waals surface area contributed by atoms with E-state index in [2.05, 4.69) is 36.1 Å². The highest BCUT2D eigenvalue weighted by molar-refractivity contribution is 7.61. The number of morpholine rings is 1. The molecular weight excluding hydrogens is 782 g/mol. The molecular formula is C44H50N9O6P. The topological polar surface area (TPSA) is 174 Å². The second-order valence-electron chi connectivity index (χ2n) is 15.3. The molecule has 60 heavy (non-hydrogen) atoms. The lowest BCUT2D eigenvalue weighted by molar-refractivity contribution is 0.0383. The van der Waals surface area contributed by atoms with Gasteiger partial charge in [0.05, 0.1) is 44.5 Å². The van der Waals surface area contributed by atoms with Gasteiger partial charge in [-0.2, -0.15) is 10.1 Å². The number of rotatable bonds is 15. The minimum absolute atomic E-state index is 0.117. The third kappa shape index (κ3) is 10.9. The smallest absolute Gasteiger partial charge is 0.324 e. The largest absolute Gasteiger partial charge is 0.497 e. The van der Waals surface area contributed by atoms with Gasteiger partial charge in [0.25, 0.3) is 5.91 Å². The van der Waals surface area contributed by atoms with E-state index in [9.17, 15) is 14.2 Å². The molecule has 1 aliphatic rings. The number of amides is 3. The van der Waals surface area contributed by atoms with Gasteiger partial charge in [-0.1, -0.05) is 50.2 Å². The highest BCUT2D eigenvalue weighted by atomic mass is 31.2. The maximum atomic E-state index is 13.6. The molecule has 15 nitrogen and oxygen atoms in total. The second-order valence-corrected chi connectivity index (χ2v) is 18.7. The van der Waals surface area contributed by atoms with Crippen LogP contribution < -0.4 is 30.7 Å². The molecule has 0 unspecified atom stereocenters. The Bertz CT molecular complexity index is 2530. The van der Waals surface area contributed by atoms with E-state index in [1.54, 1.807) is 67.7 Å². The standard InChI is InChI=1S/C44H50N9O6P/c1-29(2)38-27-40(53(51-38)33-10-8-9-30(23-33)28-60(4,5)56)49-44(55)48-37-13-14-39(36-12-7-6-11-35(36)37)59-41-15-16-46-43(50-41)47-32-24-31(25-34(26-32)57-3)42(54)45-17-18-52-19-21-58-22-20-52/h6-16,23-27,29H,17-22,28H2,1-5H3,(H,45,54)(H,46,47,50)(H2,48,49,55). The Labute approximate surface area is 349 Å². The van der Waals surface area contributed by atoms with E-state index < -0.39 is 13.2 Å². The van der Waals surface area contributed by atoms with Crippen molar-refractivity contribution in [2.24, 2.45) is 0 Å². The zero-order valence-electron chi connectivity index (χ0n) is 34.4. The predicted molar refractivity (Wildman–Crippen MR) is 235 cm³/mol. The van der Waals surface area contributed by atoms with Gasteiger partial charge in [0, 0.05) is 78.8 Å². The van der Waals surface area contributed by atoms with E-state index in [0.717, 1.165) is 47.4 Å². The molecule has 0 aliphatic carbocycles. The van der Waals surface area contributed by atoms with Crippen molar-refractivity contribution in [1.29, 1.82) is 0 Å². The number of hydrogen-bond donors (Lipinski definition) is 4. The van der Waals surface area contributed by atoms with E-state index in [-0.39, 0.29) is 23.7 Å². The van der Waals surface area contributed by atoms with Crippen molar-refractivity contribution >= 4 is 53.0 Å². The third-order valence-electron chi connectivity index (χ3n) is 9.73. The van der Waals surface area contributed by atoms with Crippen LogP contribution in [0.3, 0.4) is 0 Å². The summed E-state index contributed by atoms with van der Waals surface area (Å²) in [5.41, 5.74) is 4.06. The Hall–Kier alpha value is -6.28. The SMILES string of the molecule is COc1cc(Nc2nccc(Oc3ccc(NC(=O)Nc4cc(C(C)C)nn4-c4cccc(CP(C)(C)=O)c4)c4ccccc34)n2)cc(C(=O)NCCN2CCOCC2)c1. The van der Waals surface area contributed by atoms with Crippen LogP contribution in [0, 0.1) is 0 Å². The van der Waals surface area contributed by atoms with Crippen LogP contribution in [0.5, 0.6) is 17.4 Å². The summed E-state index contributed by atoms with van der Waals surface area (Å²) in [5.74, 6) is 1.93. The van der Waals surface area contributed by atoms with Gasteiger partial charge in [-0.15, -0.1) is 0 Å². The second kappa shape index (κ2) is 18.8. The number of anilines is 4. The van der Waals surface area contributed by atoms with Crippen LogP contribution in [-0.2, 0) is 15.5 Å². The zero-order valence-corrected chi connectivity index (χ0v) is 35.3. The molecule has 2 aromatic heterocycles. The summed E-state index contributed by atoms with van der Waals surface area (Å²) >= 11 is 0. The van der Waals surface area contributed by atoms with E-state index in [0.29, 0.717) is 60.2 Å². The van der Waals surface area contributed by atoms with Crippen LogP contribution in [0.15, 0.2) is 97.2 Å². The van der Waals surface area contributed by atoms with Crippen LogP contribution in [0.25, 0.3) is 16.5 Å². The Kier molecular flexibility index (Phi) is 13.1. The van der Waals surface area contributed by atoms with Crippen molar-refractivity contribution in [3.63, 3.8) is 0 Å². The van der Waals surface area contributed by atoms with Crippen LogP contribution in [0.4, 0.5) is 27.9 Å². The van der Waals surface area contributed by atoms with Gasteiger partial charge < -0.3 is 34.7 Å².